The molecule has 0 radical (unpaired) electrons. The van der Waals surface area contributed by atoms with Crippen LogP contribution in [0.1, 0.15) is 26.3 Å². The lowest BCUT2D eigenvalue weighted by molar-refractivity contribution is 0.0588. The average Bonchev–Trinajstić information content (AvgIpc) is 2.26. The molecule has 1 amide bonds. The molecule has 4 nitrogen and oxygen atoms in total. The molecule has 0 aliphatic heterocycles. The number of rotatable bonds is 2. The molecule has 0 aliphatic carbocycles. The summed E-state index contributed by atoms with van der Waals surface area (Å²) < 4.78 is 5.25. The van der Waals surface area contributed by atoms with E-state index in [0.29, 0.717) is 5.82 Å². The second-order valence-corrected chi connectivity index (χ2v) is 5.26. The Bertz CT molecular complexity index is 384. The van der Waals surface area contributed by atoms with E-state index in [2.05, 4.69) is 20.9 Å². The number of nitrogens with zero attached hydrogens (tertiary/aromatic N) is 2. The van der Waals surface area contributed by atoms with E-state index < -0.39 is 11.7 Å². The van der Waals surface area contributed by atoms with Gasteiger partial charge in [-0.15, -0.1) is 0 Å². The first-order valence-electron chi connectivity index (χ1n) is 5.31. The number of carbonyl (C=O) groups is 1. The summed E-state index contributed by atoms with van der Waals surface area (Å²) in [6.45, 7) is 5.50. The highest BCUT2D eigenvalue weighted by Gasteiger charge is 2.20. The number of amides is 1. The van der Waals surface area contributed by atoms with Crippen molar-refractivity contribution < 1.29 is 9.53 Å². The Balaban J connectivity index is 2.74. The van der Waals surface area contributed by atoms with Crippen LogP contribution >= 0.6 is 15.9 Å². The van der Waals surface area contributed by atoms with E-state index in [4.69, 9.17) is 4.74 Å². The molecule has 1 heterocycles. The predicted octanol–water partition coefficient (Wildman–Crippen LogP) is 3.35. The number of carbonyl (C=O) groups excluding carboxylic acids is 1. The van der Waals surface area contributed by atoms with E-state index in [1.807, 2.05) is 26.8 Å². The zero-order valence-corrected chi connectivity index (χ0v) is 12.1. The zero-order valence-electron chi connectivity index (χ0n) is 10.5. The first-order valence-corrected chi connectivity index (χ1v) is 6.43. The summed E-state index contributed by atoms with van der Waals surface area (Å²) in [6.07, 6.45) is 1.32. The molecule has 94 valence electrons. The van der Waals surface area contributed by atoms with Crippen molar-refractivity contribution in [2.24, 2.45) is 0 Å². The number of ether oxygens (including phenoxy) is 1. The quantitative estimate of drug-likeness (QED) is 0.787. The van der Waals surface area contributed by atoms with Crippen molar-refractivity contribution in [2.75, 3.05) is 11.9 Å². The first kappa shape index (κ1) is 14.0. The molecule has 1 aromatic heterocycles. The minimum atomic E-state index is -0.499. The summed E-state index contributed by atoms with van der Waals surface area (Å²) in [5, 5.41) is 0.746. The van der Waals surface area contributed by atoms with Crippen LogP contribution in [-0.4, -0.2) is 23.7 Å². The number of halogens is 1. The fourth-order valence-corrected chi connectivity index (χ4v) is 1.45. The van der Waals surface area contributed by atoms with Gasteiger partial charge in [-0.3, -0.25) is 4.90 Å². The summed E-state index contributed by atoms with van der Waals surface area (Å²) in [4.78, 5) is 17.4. The second kappa shape index (κ2) is 5.49. The van der Waals surface area contributed by atoms with E-state index in [9.17, 15) is 4.79 Å². The van der Waals surface area contributed by atoms with Crippen LogP contribution in [0.25, 0.3) is 0 Å². The van der Waals surface area contributed by atoms with Gasteiger partial charge in [-0.2, -0.15) is 0 Å². The standard InChI is InChI=1S/C12H17BrN2O2/c1-12(2,3)17-11(16)15(4)10-6-5-9(7-13)8-14-10/h5-6,8H,7H2,1-4H3. The van der Waals surface area contributed by atoms with E-state index >= 15 is 0 Å². The smallest absolute Gasteiger partial charge is 0.415 e. The van der Waals surface area contributed by atoms with Crippen LogP contribution in [0, 0.1) is 0 Å². The molecule has 5 heteroatoms. The zero-order chi connectivity index (χ0) is 13.1. The molecule has 0 bridgehead atoms. The highest BCUT2D eigenvalue weighted by molar-refractivity contribution is 9.08. The molecule has 0 atom stereocenters. The van der Waals surface area contributed by atoms with Crippen LogP contribution in [0.15, 0.2) is 18.3 Å². The highest BCUT2D eigenvalue weighted by Crippen LogP contribution is 2.15. The Kier molecular flexibility index (Phi) is 4.51. The van der Waals surface area contributed by atoms with Crippen LogP contribution in [0.4, 0.5) is 10.6 Å². The van der Waals surface area contributed by atoms with Crippen LogP contribution in [-0.2, 0) is 10.1 Å². The maximum atomic E-state index is 11.8. The molecule has 0 fully saturated rings. The molecular weight excluding hydrogens is 284 g/mol. The largest absolute Gasteiger partial charge is 0.443 e. The van der Waals surface area contributed by atoms with Gasteiger partial charge in [0.25, 0.3) is 0 Å². The molecule has 0 spiro atoms. The van der Waals surface area contributed by atoms with Crippen molar-refractivity contribution in [3.8, 4) is 0 Å². The van der Waals surface area contributed by atoms with Gasteiger partial charge in [-0.05, 0) is 32.4 Å². The summed E-state index contributed by atoms with van der Waals surface area (Å²) in [5.74, 6) is 0.573. The van der Waals surface area contributed by atoms with Crippen LogP contribution in [0.2, 0.25) is 0 Å². The minimum absolute atomic E-state index is 0.406. The molecule has 0 aliphatic rings. The fraction of sp³-hybridized carbons (Fsp3) is 0.500. The summed E-state index contributed by atoms with van der Waals surface area (Å²) in [5.41, 5.74) is 0.563. The number of anilines is 1. The maximum Gasteiger partial charge on any atom is 0.415 e. The topological polar surface area (TPSA) is 42.4 Å². The minimum Gasteiger partial charge on any atom is -0.443 e. The van der Waals surface area contributed by atoms with Crippen molar-refractivity contribution in [3.63, 3.8) is 0 Å². The Morgan fingerprint density at radius 3 is 2.53 bits per heavy atom. The summed E-state index contributed by atoms with van der Waals surface area (Å²) in [7, 11) is 1.64. The second-order valence-electron chi connectivity index (χ2n) is 4.70. The third kappa shape index (κ3) is 4.34. The number of pyridine rings is 1. The number of hydrogen-bond acceptors (Lipinski definition) is 3. The fourth-order valence-electron chi connectivity index (χ4n) is 1.12. The summed E-state index contributed by atoms with van der Waals surface area (Å²) in [6, 6.07) is 3.71. The van der Waals surface area contributed by atoms with Gasteiger partial charge in [0.1, 0.15) is 11.4 Å². The lowest BCUT2D eigenvalue weighted by atomic mass is 10.2. The predicted molar refractivity (Wildman–Crippen MR) is 71.5 cm³/mol. The van der Waals surface area contributed by atoms with Crippen molar-refractivity contribution in [1.82, 2.24) is 4.98 Å². The molecule has 1 aromatic rings. The van der Waals surface area contributed by atoms with Gasteiger partial charge in [0, 0.05) is 18.6 Å². The molecule has 17 heavy (non-hydrogen) atoms. The first-order chi connectivity index (χ1) is 7.83. The Morgan fingerprint density at radius 2 is 2.12 bits per heavy atom. The molecule has 1 rings (SSSR count). The van der Waals surface area contributed by atoms with Crippen molar-refractivity contribution in [1.29, 1.82) is 0 Å². The number of hydrogen-bond donors (Lipinski definition) is 0. The van der Waals surface area contributed by atoms with Crippen molar-refractivity contribution in [2.45, 2.75) is 31.7 Å². The van der Waals surface area contributed by atoms with Gasteiger partial charge >= 0.3 is 6.09 Å². The monoisotopic (exact) mass is 300 g/mol. The van der Waals surface area contributed by atoms with Gasteiger partial charge in [0.05, 0.1) is 0 Å². The molecule has 0 unspecified atom stereocenters. The van der Waals surface area contributed by atoms with Crippen molar-refractivity contribution >= 4 is 27.8 Å². The third-order valence-electron chi connectivity index (χ3n) is 1.97. The molecule has 0 saturated carbocycles. The maximum absolute atomic E-state index is 11.8. The molecule has 0 aromatic carbocycles. The van der Waals surface area contributed by atoms with Crippen LogP contribution in [0.3, 0.4) is 0 Å². The van der Waals surface area contributed by atoms with E-state index in [1.54, 1.807) is 19.3 Å². The number of aromatic nitrogens is 1. The van der Waals surface area contributed by atoms with Gasteiger partial charge in [0.15, 0.2) is 0 Å². The normalized spacial score (nSPS) is 11.1. The van der Waals surface area contributed by atoms with Crippen LogP contribution < -0.4 is 4.90 Å². The Hall–Kier alpha value is -1.10. The Labute approximate surface area is 110 Å². The Morgan fingerprint density at radius 1 is 1.47 bits per heavy atom. The van der Waals surface area contributed by atoms with E-state index in [0.717, 1.165) is 10.9 Å². The van der Waals surface area contributed by atoms with Crippen molar-refractivity contribution in [3.05, 3.63) is 23.9 Å². The van der Waals surface area contributed by atoms with E-state index in [-0.39, 0.29) is 0 Å². The molecule has 0 saturated heterocycles. The number of alkyl halides is 1. The van der Waals surface area contributed by atoms with Crippen LogP contribution in [0.5, 0.6) is 0 Å². The van der Waals surface area contributed by atoms with Gasteiger partial charge < -0.3 is 4.74 Å². The summed E-state index contributed by atoms with van der Waals surface area (Å²) >= 11 is 3.34. The lowest BCUT2D eigenvalue weighted by Crippen LogP contribution is -2.34. The SMILES string of the molecule is CN(C(=O)OC(C)(C)C)c1ccc(CBr)cn1. The molecule has 0 N–H and O–H groups in total. The van der Waals surface area contributed by atoms with Gasteiger partial charge in [-0.1, -0.05) is 22.0 Å². The lowest BCUT2D eigenvalue weighted by Gasteiger charge is -2.24. The average molecular weight is 301 g/mol. The van der Waals surface area contributed by atoms with Gasteiger partial charge in [0.2, 0.25) is 0 Å². The molecular formula is C12H17BrN2O2. The highest BCUT2D eigenvalue weighted by atomic mass is 79.9. The van der Waals surface area contributed by atoms with Gasteiger partial charge in [-0.25, -0.2) is 9.78 Å². The van der Waals surface area contributed by atoms with E-state index in [1.165, 1.54) is 4.90 Å². The third-order valence-corrected chi connectivity index (χ3v) is 2.62.